The minimum Gasteiger partial charge on any atom is -0.490 e. The van der Waals surface area contributed by atoms with E-state index in [4.69, 9.17) is 15.2 Å². The van der Waals surface area contributed by atoms with E-state index in [0.717, 1.165) is 29.8 Å². The van der Waals surface area contributed by atoms with Gasteiger partial charge in [0.15, 0.2) is 17.5 Å². The normalized spacial score (nSPS) is 22.2. The fraction of sp³-hybridized carbons (Fsp3) is 0.316. The van der Waals surface area contributed by atoms with Crippen molar-refractivity contribution in [1.29, 1.82) is 0 Å². The van der Waals surface area contributed by atoms with Crippen molar-refractivity contribution in [3.8, 4) is 11.5 Å². The lowest BCUT2D eigenvalue weighted by molar-refractivity contribution is 0.297. The molecule has 1 aliphatic heterocycles. The monoisotopic (exact) mass is 341 g/mol. The van der Waals surface area contributed by atoms with Gasteiger partial charge in [-0.2, -0.15) is 0 Å². The Morgan fingerprint density at radius 3 is 2.64 bits per heavy atom. The van der Waals surface area contributed by atoms with Gasteiger partial charge in [0.25, 0.3) is 0 Å². The zero-order valence-electron chi connectivity index (χ0n) is 13.7. The third kappa shape index (κ3) is 3.68. The lowest BCUT2D eigenvalue weighted by Crippen LogP contribution is -2.23. The SMILES string of the molecule is NC(=N[C@@H]1C[C@H]1c1ccc(F)cc1)Nc1ccc2c(c1)OCCCO2. The smallest absolute Gasteiger partial charge is 0.193 e. The predicted molar refractivity (Wildman–Crippen MR) is 94.8 cm³/mol. The Balaban J connectivity index is 1.40. The molecule has 2 atom stereocenters. The first kappa shape index (κ1) is 15.7. The van der Waals surface area contributed by atoms with Crippen LogP contribution in [0, 0.1) is 5.82 Å². The summed E-state index contributed by atoms with van der Waals surface area (Å²) in [6.07, 6.45) is 1.79. The Morgan fingerprint density at radius 2 is 1.84 bits per heavy atom. The number of ether oxygens (including phenoxy) is 2. The average Bonchev–Trinajstić information content (AvgIpc) is 3.38. The highest BCUT2D eigenvalue weighted by Gasteiger charge is 2.38. The standard InChI is InChI=1S/C19H20FN3O2/c20-13-4-2-12(3-5-13)15-11-16(15)23-19(21)22-14-6-7-17-18(10-14)25-9-1-8-24-17/h2-7,10,15-16H,1,8-9,11H2,(H3,21,22,23)/t15-,16+/m0/s1. The maximum atomic E-state index is 13.0. The van der Waals surface area contributed by atoms with E-state index >= 15 is 0 Å². The van der Waals surface area contributed by atoms with Crippen LogP contribution >= 0.6 is 0 Å². The molecule has 5 nitrogen and oxygen atoms in total. The third-order valence-corrected chi connectivity index (χ3v) is 4.38. The van der Waals surface area contributed by atoms with Crippen molar-refractivity contribution in [2.24, 2.45) is 10.7 Å². The molecule has 0 spiro atoms. The van der Waals surface area contributed by atoms with Gasteiger partial charge >= 0.3 is 0 Å². The molecule has 1 aliphatic carbocycles. The lowest BCUT2D eigenvalue weighted by Gasteiger charge is -2.10. The molecule has 6 heteroatoms. The summed E-state index contributed by atoms with van der Waals surface area (Å²) in [6.45, 7) is 1.30. The van der Waals surface area contributed by atoms with Gasteiger partial charge in [0.05, 0.1) is 19.3 Å². The van der Waals surface area contributed by atoms with Crippen molar-refractivity contribution in [1.82, 2.24) is 0 Å². The summed E-state index contributed by atoms with van der Waals surface area (Å²) < 4.78 is 24.3. The molecule has 0 amide bonds. The minimum atomic E-state index is -0.222. The Bertz CT molecular complexity index is 792. The molecule has 3 N–H and O–H groups in total. The van der Waals surface area contributed by atoms with Gasteiger partial charge in [-0.05, 0) is 36.2 Å². The molecular weight excluding hydrogens is 321 g/mol. The van der Waals surface area contributed by atoms with Crippen LogP contribution in [0.15, 0.2) is 47.5 Å². The van der Waals surface area contributed by atoms with E-state index in [1.165, 1.54) is 12.1 Å². The van der Waals surface area contributed by atoms with Crippen molar-refractivity contribution in [2.75, 3.05) is 18.5 Å². The van der Waals surface area contributed by atoms with E-state index in [0.29, 0.717) is 30.8 Å². The number of halogens is 1. The van der Waals surface area contributed by atoms with Crippen LogP contribution in [0.25, 0.3) is 0 Å². The zero-order valence-corrected chi connectivity index (χ0v) is 13.7. The highest BCUT2D eigenvalue weighted by Crippen LogP contribution is 2.43. The molecule has 1 saturated carbocycles. The maximum Gasteiger partial charge on any atom is 0.193 e. The number of aliphatic imine (C=N–C) groups is 1. The summed E-state index contributed by atoms with van der Waals surface area (Å²) in [7, 11) is 0. The number of nitrogens with one attached hydrogen (secondary N) is 1. The van der Waals surface area contributed by atoms with Gasteiger partial charge < -0.3 is 20.5 Å². The summed E-state index contributed by atoms with van der Waals surface area (Å²) in [6, 6.07) is 12.3. The van der Waals surface area contributed by atoms with Crippen LogP contribution in [-0.2, 0) is 0 Å². The summed E-state index contributed by atoms with van der Waals surface area (Å²) >= 11 is 0. The molecule has 1 fully saturated rings. The first-order chi connectivity index (χ1) is 12.2. The van der Waals surface area contributed by atoms with Gasteiger partial charge in [-0.1, -0.05) is 12.1 Å². The second-order valence-electron chi connectivity index (χ2n) is 6.31. The van der Waals surface area contributed by atoms with Crippen LogP contribution < -0.4 is 20.5 Å². The molecule has 130 valence electrons. The van der Waals surface area contributed by atoms with Crippen LogP contribution in [0.2, 0.25) is 0 Å². The van der Waals surface area contributed by atoms with E-state index < -0.39 is 0 Å². The minimum absolute atomic E-state index is 0.137. The number of anilines is 1. The van der Waals surface area contributed by atoms with Gasteiger partial charge in [-0.25, -0.2) is 9.38 Å². The van der Waals surface area contributed by atoms with E-state index in [9.17, 15) is 4.39 Å². The van der Waals surface area contributed by atoms with Gasteiger partial charge in [0.1, 0.15) is 5.82 Å². The van der Waals surface area contributed by atoms with E-state index in [2.05, 4.69) is 10.3 Å². The molecule has 4 rings (SSSR count). The fourth-order valence-corrected chi connectivity index (χ4v) is 2.99. The van der Waals surface area contributed by atoms with E-state index in [1.54, 1.807) is 0 Å². The zero-order chi connectivity index (χ0) is 17.2. The van der Waals surface area contributed by atoms with Crippen LogP contribution in [0.5, 0.6) is 11.5 Å². The predicted octanol–water partition coefficient (Wildman–Crippen LogP) is 3.27. The van der Waals surface area contributed by atoms with Crippen LogP contribution in [0.4, 0.5) is 10.1 Å². The molecule has 2 aromatic carbocycles. The Labute approximate surface area is 145 Å². The highest BCUT2D eigenvalue weighted by atomic mass is 19.1. The summed E-state index contributed by atoms with van der Waals surface area (Å²) in [5.41, 5.74) is 7.93. The molecule has 2 aliphatic rings. The number of nitrogens with two attached hydrogens (primary N) is 1. The molecule has 1 heterocycles. The second kappa shape index (κ2) is 6.63. The van der Waals surface area contributed by atoms with Crippen LogP contribution in [-0.4, -0.2) is 25.2 Å². The molecule has 0 saturated heterocycles. The highest BCUT2D eigenvalue weighted by molar-refractivity contribution is 5.92. The van der Waals surface area contributed by atoms with Crippen LogP contribution in [0.3, 0.4) is 0 Å². The molecule has 25 heavy (non-hydrogen) atoms. The quantitative estimate of drug-likeness (QED) is 0.664. The summed E-state index contributed by atoms with van der Waals surface area (Å²) in [5.74, 6) is 1.91. The second-order valence-corrected chi connectivity index (χ2v) is 6.31. The third-order valence-electron chi connectivity index (χ3n) is 4.38. The van der Waals surface area contributed by atoms with E-state index in [-0.39, 0.29) is 11.9 Å². The molecule has 0 radical (unpaired) electrons. The van der Waals surface area contributed by atoms with Gasteiger partial charge in [-0.3, -0.25) is 0 Å². The Kier molecular flexibility index (Phi) is 4.17. The number of fused-ring (bicyclic) bond motifs is 1. The molecule has 0 unspecified atom stereocenters. The largest absolute Gasteiger partial charge is 0.490 e. The first-order valence-corrected chi connectivity index (χ1v) is 8.44. The number of guanidine groups is 1. The lowest BCUT2D eigenvalue weighted by atomic mass is 10.1. The van der Waals surface area contributed by atoms with Crippen molar-refractivity contribution >= 4 is 11.6 Å². The van der Waals surface area contributed by atoms with Crippen molar-refractivity contribution in [2.45, 2.75) is 24.8 Å². The summed E-state index contributed by atoms with van der Waals surface area (Å²) in [4.78, 5) is 4.51. The topological polar surface area (TPSA) is 68.9 Å². The van der Waals surface area contributed by atoms with Crippen molar-refractivity contribution in [3.63, 3.8) is 0 Å². The van der Waals surface area contributed by atoms with Crippen molar-refractivity contribution < 1.29 is 13.9 Å². The number of nitrogens with zero attached hydrogens (tertiary/aromatic N) is 1. The average molecular weight is 341 g/mol. The number of benzene rings is 2. The Morgan fingerprint density at radius 1 is 1.08 bits per heavy atom. The van der Waals surface area contributed by atoms with Crippen LogP contribution in [0.1, 0.15) is 24.3 Å². The number of rotatable bonds is 3. The van der Waals surface area contributed by atoms with Gasteiger partial charge in [0.2, 0.25) is 0 Å². The summed E-state index contributed by atoms with van der Waals surface area (Å²) in [5, 5.41) is 3.10. The Hall–Kier alpha value is -2.76. The van der Waals surface area contributed by atoms with Gasteiger partial charge in [-0.15, -0.1) is 0 Å². The number of hydrogen-bond acceptors (Lipinski definition) is 3. The maximum absolute atomic E-state index is 13.0. The van der Waals surface area contributed by atoms with Crippen molar-refractivity contribution in [3.05, 3.63) is 53.8 Å². The molecular formula is C19H20FN3O2. The van der Waals surface area contributed by atoms with Gasteiger partial charge in [0, 0.05) is 24.1 Å². The molecule has 0 bridgehead atoms. The fourth-order valence-electron chi connectivity index (χ4n) is 2.99. The molecule has 0 aromatic heterocycles. The first-order valence-electron chi connectivity index (χ1n) is 8.44. The molecule has 2 aromatic rings. The van der Waals surface area contributed by atoms with E-state index in [1.807, 2.05) is 30.3 Å². The number of hydrogen-bond donors (Lipinski definition) is 2.